The molecular weight excluding hydrogens is 114 g/mol. The highest BCUT2D eigenvalue weighted by atomic mass is 16.5. The highest BCUT2D eigenvalue weighted by Crippen LogP contribution is 1.91. The summed E-state index contributed by atoms with van der Waals surface area (Å²) in [7, 11) is 5.49. The standard InChI is InChI=1S/C7H13NO/c1-7(9-4)5-6-8(2)3/h5-6H,1H2,2-4H3/b6-5-. The van der Waals surface area contributed by atoms with E-state index in [0.29, 0.717) is 5.76 Å². The number of methoxy groups -OCH3 is 1. The highest BCUT2D eigenvalue weighted by Gasteiger charge is 1.80. The van der Waals surface area contributed by atoms with Gasteiger partial charge >= 0.3 is 0 Å². The van der Waals surface area contributed by atoms with E-state index < -0.39 is 0 Å². The van der Waals surface area contributed by atoms with Crippen LogP contribution in [-0.4, -0.2) is 26.1 Å². The Kier molecular flexibility index (Phi) is 3.60. The van der Waals surface area contributed by atoms with Crippen molar-refractivity contribution >= 4 is 0 Å². The van der Waals surface area contributed by atoms with Gasteiger partial charge in [0.25, 0.3) is 0 Å². The third-order valence-electron chi connectivity index (χ3n) is 0.821. The summed E-state index contributed by atoms with van der Waals surface area (Å²) in [6, 6.07) is 0. The van der Waals surface area contributed by atoms with E-state index in [1.165, 1.54) is 0 Å². The summed E-state index contributed by atoms with van der Waals surface area (Å²) in [4.78, 5) is 1.92. The van der Waals surface area contributed by atoms with Crippen LogP contribution in [0.15, 0.2) is 24.6 Å². The monoisotopic (exact) mass is 127 g/mol. The Morgan fingerprint density at radius 3 is 2.44 bits per heavy atom. The molecular formula is C7H13NO. The van der Waals surface area contributed by atoms with Gasteiger partial charge in [-0.3, -0.25) is 0 Å². The van der Waals surface area contributed by atoms with E-state index in [9.17, 15) is 0 Å². The van der Waals surface area contributed by atoms with Gasteiger partial charge in [-0.05, 0) is 6.08 Å². The number of nitrogens with zero attached hydrogens (tertiary/aromatic N) is 1. The lowest BCUT2D eigenvalue weighted by molar-refractivity contribution is 0.307. The van der Waals surface area contributed by atoms with Crippen molar-refractivity contribution < 1.29 is 4.74 Å². The molecule has 0 rings (SSSR count). The molecule has 0 heterocycles. The van der Waals surface area contributed by atoms with Crippen LogP contribution in [-0.2, 0) is 4.74 Å². The summed E-state index contributed by atoms with van der Waals surface area (Å²) in [6.07, 6.45) is 3.69. The van der Waals surface area contributed by atoms with Crippen LogP contribution in [0.1, 0.15) is 0 Å². The number of allylic oxidation sites excluding steroid dienone is 1. The Balaban J connectivity index is 3.57. The molecule has 0 aliphatic heterocycles. The van der Waals surface area contributed by atoms with E-state index >= 15 is 0 Å². The SMILES string of the molecule is C=C(/C=C\N(C)C)OC. The van der Waals surface area contributed by atoms with Crippen LogP contribution in [0.4, 0.5) is 0 Å². The molecule has 0 unspecified atom stereocenters. The van der Waals surface area contributed by atoms with Crippen molar-refractivity contribution in [2.45, 2.75) is 0 Å². The van der Waals surface area contributed by atoms with Gasteiger partial charge in [-0.15, -0.1) is 0 Å². The van der Waals surface area contributed by atoms with E-state index in [1.807, 2.05) is 25.2 Å². The number of ether oxygens (including phenoxy) is 1. The maximum Gasteiger partial charge on any atom is 0.113 e. The van der Waals surface area contributed by atoms with E-state index in [-0.39, 0.29) is 0 Å². The van der Waals surface area contributed by atoms with Gasteiger partial charge < -0.3 is 9.64 Å². The molecule has 0 atom stereocenters. The first-order chi connectivity index (χ1) is 4.16. The minimum Gasteiger partial charge on any atom is -0.497 e. The first-order valence-electron chi connectivity index (χ1n) is 2.74. The minimum atomic E-state index is 0.670. The van der Waals surface area contributed by atoms with E-state index in [0.717, 1.165) is 0 Å². The predicted octanol–water partition coefficient (Wildman–Crippen LogP) is 1.22. The molecule has 0 aromatic carbocycles. The third kappa shape index (κ3) is 4.94. The summed E-state index contributed by atoms with van der Waals surface area (Å²) in [5.41, 5.74) is 0. The molecule has 0 N–H and O–H groups in total. The second-order valence-corrected chi connectivity index (χ2v) is 1.95. The highest BCUT2D eigenvalue weighted by molar-refractivity contribution is 5.05. The lowest BCUT2D eigenvalue weighted by Gasteiger charge is -2.03. The van der Waals surface area contributed by atoms with Gasteiger partial charge in [0.1, 0.15) is 5.76 Å². The smallest absolute Gasteiger partial charge is 0.113 e. The molecule has 9 heavy (non-hydrogen) atoms. The van der Waals surface area contributed by atoms with Crippen molar-refractivity contribution in [1.29, 1.82) is 0 Å². The fourth-order valence-corrected chi connectivity index (χ4v) is 0.300. The van der Waals surface area contributed by atoms with Gasteiger partial charge in [-0.1, -0.05) is 6.58 Å². The molecule has 0 aromatic rings. The Bertz CT molecular complexity index is 116. The van der Waals surface area contributed by atoms with Gasteiger partial charge in [-0.2, -0.15) is 0 Å². The number of hydrogen-bond acceptors (Lipinski definition) is 2. The zero-order valence-electron chi connectivity index (χ0n) is 6.22. The fraction of sp³-hybridized carbons (Fsp3) is 0.429. The first kappa shape index (κ1) is 8.08. The summed E-state index contributed by atoms with van der Waals surface area (Å²) in [5.74, 6) is 0.670. The largest absolute Gasteiger partial charge is 0.497 e. The summed E-state index contributed by atoms with van der Waals surface area (Å²) in [5, 5.41) is 0. The van der Waals surface area contributed by atoms with Gasteiger partial charge in [0.05, 0.1) is 7.11 Å². The summed E-state index contributed by atoms with van der Waals surface area (Å²) >= 11 is 0. The summed E-state index contributed by atoms with van der Waals surface area (Å²) in [6.45, 7) is 3.61. The summed E-state index contributed by atoms with van der Waals surface area (Å²) < 4.78 is 4.79. The molecule has 0 bridgehead atoms. The molecule has 0 amide bonds. The van der Waals surface area contributed by atoms with Crippen LogP contribution in [0.5, 0.6) is 0 Å². The molecule has 0 aliphatic rings. The Morgan fingerprint density at radius 1 is 1.56 bits per heavy atom. The average molecular weight is 127 g/mol. The second kappa shape index (κ2) is 4.01. The molecule has 0 aliphatic carbocycles. The van der Waals surface area contributed by atoms with Gasteiger partial charge in [-0.25, -0.2) is 0 Å². The fourth-order valence-electron chi connectivity index (χ4n) is 0.300. The van der Waals surface area contributed by atoms with Crippen LogP contribution < -0.4 is 0 Å². The molecule has 0 saturated heterocycles. The molecule has 2 heteroatoms. The number of rotatable bonds is 3. The van der Waals surface area contributed by atoms with E-state index in [1.54, 1.807) is 13.2 Å². The van der Waals surface area contributed by atoms with Crippen molar-refractivity contribution in [1.82, 2.24) is 4.90 Å². The van der Waals surface area contributed by atoms with Crippen LogP contribution in [0.2, 0.25) is 0 Å². The first-order valence-corrected chi connectivity index (χ1v) is 2.74. The van der Waals surface area contributed by atoms with E-state index in [4.69, 9.17) is 4.74 Å². The van der Waals surface area contributed by atoms with Crippen LogP contribution >= 0.6 is 0 Å². The lowest BCUT2D eigenvalue weighted by Crippen LogP contribution is -2.00. The molecule has 0 radical (unpaired) electrons. The number of hydrogen-bond donors (Lipinski definition) is 0. The third-order valence-corrected chi connectivity index (χ3v) is 0.821. The zero-order chi connectivity index (χ0) is 7.28. The van der Waals surface area contributed by atoms with Gasteiger partial charge in [0, 0.05) is 20.3 Å². The minimum absolute atomic E-state index is 0.670. The molecule has 0 spiro atoms. The van der Waals surface area contributed by atoms with Crippen LogP contribution in [0.25, 0.3) is 0 Å². The lowest BCUT2D eigenvalue weighted by atomic mass is 10.5. The molecule has 0 aromatic heterocycles. The van der Waals surface area contributed by atoms with Crippen molar-refractivity contribution in [3.63, 3.8) is 0 Å². The Hall–Kier alpha value is -0.920. The molecule has 0 fully saturated rings. The Morgan fingerprint density at radius 2 is 2.11 bits per heavy atom. The maximum absolute atomic E-state index is 4.79. The predicted molar refractivity (Wildman–Crippen MR) is 39.0 cm³/mol. The topological polar surface area (TPSA) is 12.5 Å². The second-order valence-electron chi connectivity index (χ2n) is 1.95. The van der Waals surface area contributed by atoms with E-state index in [2.05, 4.69) is 6.58 Å². The maximum atomic E-state index is 4.79. The van der Waals surface area contributed by atoms with Crippen LogP contribution in [0.3, 0.4) is 0 Å². The quantitative estimate of drug-likeness (QED) is 0.417. The van der Waals surface area contributed by atoms with Crippen molar-refractivity contribution in [2.24, 2.45) is 0 Å². The van der Waals surface area contributed by atoms with Crippen molar-refractivity contribution in [3.8, 4) is 0 Å². The average Bonchev–Trinajstić information content (AvgIpc) is 1.83. The van der Waals surface area contributed by atoms with Gasteiger partial charge in [0.15, 0.2) is 0 Å². The molecule has 2 nitrogen and oxygen atoms in total. The van der Waals surface area contributed by atoms with Crippen molar-refractivity contribution in [2.75, 3.05) is 21.2 Å². The molecule has 52 valence electrons. The Labute approximate surface area is 56.4 Å². The molecule has 0 saturated carbocycles. The van der Waals surface area contributed by atoms with Gasteiger partial charge in [0.2, 0.25) is 0 Å². The van der Waals surface area contributed by atoms with Crippen molar-refractivity contribution in [3.05, 3.63) is 24.6 Å². The van der Waals surface area contributed by atoms with Crippen LogP contribution in [0, 0.1) is 0 Å². The zero-order valence-corrected chi connectivity index (χ0v) is 6.22. The normalized spacial score (nSPS) is 9.67.